The number of carbonyl (C=O) groups is 2. The summed E-state index contributed by atoms with van der Waals surface area (Å²) >= 11 is 5.77. The fraction of sp³-hybridized carbons (Fsp3) is 0.222. The van der Waals surface area contributed by atoms with Gasteiger partial charge in [-0.15, -0.1) is 0 Å². The van der Waals surface area contributed by atoms with Gasteiger partial charge in [-0.1, -0.05) is 55.8 Å². The Balaban J connectivity index is 2.28. The molecule has 7 nitrogen and oxygen atoms in total. The van der Waals surface area contributed by atoms with Crippen LogP contribution in [0.25, 0.3) is 0 Å². The van der Waals surface area contributed by atoms with Gasteiger partial charge in [0.15, 0.2) is 0 Å². The first kappa shape index (κ1) is 19.4. The van der Waals surface area contributed by atoms with Crippen molar-refractivity contribution in [3.63, 3.8) is 0 Å². The lowest BCUT2D eigenvalue weighted by molar-refractivity contribution is -0.384. The van der Waals surface area contributed by atoms with Crippen LogP contribution in [0.15, 0.2) is 48.5 Å². The van der Waals surface area contributed by atoms with Crippen molar-refractivity contribution in [3.8, 4) is 0 Å². The molecule has 2 aromatic rings. The highest BCUT2D eigenvalue weighted by molar-refractivity contribution is 6.32. The Kier molecular flexibility index (Phi) is 6.30. The van der Waals surface area contributed by atoms with Gasteiger partial charge in [-0.05, 0) is 12.1 Å². The van der Waals surface area contributed by atoms with Gasteiger partial charge in [-0.2, -0.15) is 0 Å². The fourth-order valence-corrected chi connectivity index (χ4v) is 2.28. The smallest absolute Gasteiger partial charge is 0.309 e. The quantitative estimate of drug-likeness (QED) is 0.464. The van der Waals surface area contributed by atoms with Gasteiger partial charge < -0.3 is 10.1 Å². The highest BCUT2D eigenvalue weighted by atomic mass is 35.5. The van der Waals surface area contributed by atoms with Crippen LogP contribution in [0.4, 0.5) is 11.4 Å². The molecule has 0 saturated carbocycles. The van der Waals surface area contributed by atoms with Gasteiger partial charge in [0, 0.05) is 17.3 Å². The molecule has 1 N–H and O–H groups in total. The molecular weight excluding hydrogens is 360 g/mol. The number of amides is 1. The molecule has 1 amide bonds. The van der Waals surface area contributed by atoms with Crippen molar-refractivity contribution < 1.29 is 19.2 Å². The molecule has 1 atom stereocenters. The lowest BCUT2D eigenvalue weighted by atomic mass is 10.1. The molecule has 0 aliphatic heterocycles. The third-order valence-electron chi connectivity index (χ3n) is 3.46. The van der Waals surface area contributed by atoms with E-state index in [-0.39, 0.29) is 16.4 Å². The summed E-state index contributed by atoms with van der Waals surface area (Å²) in [5.41, 5.74) is 0.329. The zero-order valence-electron chi connectivity index (χ0n) is 14.1. The Labute approximate surface area is 155 Å². The lowest BCUT2D eigenvalue weighted by Gasteiger charge is -2.19. The van der Waals surface area contributed by atoms with E-state index in [0.717, 1.165) is 6.07 Å². The van der Waals surface area contributed by atoms with Crippen LogP contribution >= 0.6 is 11.6 Å². The topological polar surface area (TPSA) is 98.5 Å². The third-order valence-corrected chi connectivity index (χ3v) is 3.78. The van der Waals surface area contributed by atoms with Crippen LogP contribution in [0.5, 0.6) is 0 Å². The van der Waals surface area contributed by atoms with Crippen molar-refractivity contribution in [2.75, 3.05) is 5.32 Å². The lowest BCUT2D eigenvalue weighted by Crippen LogP contribution is -2.27. The van der Waals surface area contributed by atoms with Crippen molar-refractivity contribution in [1.29, 1.82) is 0 Å². The molecule has 0 radical (unpaired) electrons. The number of nitro benzene ring substituents is 1. The standard InChI is InChI=1S/C18H17ClN2O5/c1-11(2)18(23)26-16(12-6-4-3-5-7-12)17(22)20-13-8-9-14(19)15(10-13)21(24)25/h3-11,16H,1-2H3,(H,20,22)/t16-/m0/s1. The number of carbonyl (C=O) groups excluding carboxylic acids is 2. The van der Waals surface area contributed by atoms with Gasteiger partial charge in [-0.3, -0.25) is 19.7 Å². The number of ether oxygens (including phenoxy) is 1. The first-order valence-electron chi connectivity index (χ1n) is 7.80. The molecule has 0 aliphatic rings. The average Bonchev–Trinajstić information content (AvgIpc) is 2.61. The summed E-state index contributed by atoms with van der Waals surface area (Å²) in [6.45, 7) is 3.32. The predicted molar refractivity (Wildman–Crippen MR) is 96.8 cm³/mol. The molecule has 0 heterocycles. The van der Waals surface area contributed by atoms with Crippen molar-refractivity contribution in [2.45, 2.75) is 20.0 Å². The molecule has 0 unspecified atom stereocenters. The number of hydrogen-bond acceptors (Lipinski definition) is 5. The number of benzene rings is 2. The van der Waals surface area contributed by atoms with Crippen LogP contribution in [0, 0.1) is 16.0 Å². The van der Waals surface area contributed by atoms with Crippen molar-refractivity contribution >= 4 is 34.9 Å². The summed E-state index contributed by atoms with van der Waals surface area (Å²) in [6, 6.07) is 12.4. The Bertz CT molecular complexity index is 824. The molecule has 0 aromatic heterocycles. The van der Waals surface area contributed by atoms with Crippen LogP contribution in [0.2, 0.25) is 5.02 Å². The number of nitro groups is 1. The van der Waals surface area contributed by atoms with Crippen LogP contribution in [0.3, 0.4) is 0 Å². The van der Waals surface area contributed by atoms with Gasteiger partial charge in [0.25, 0.3) is 11.6 Å². The number of esters is 1. The monoisotopic (exact) mass is 376 g/mol. The normalized spacial score (nSPS) is 11.7. The number of halogens is 1. The average molecular weight is 377 g/mol. The SMILES string of the molecule is CC(C)C(=O)O[C@H](C(=O)Nc1ccc(Cl)c([N+](=O)[O-])c1)c1ccccc1. The minimum atomic E-state index is -1.18. The maximum absolute atomic E-state index is 12.6. The van der Waals surface area contributed by atoms with E-state index in [1.54, 1.807) is 44.2 Å². The van der Waals surface area contributed by atoms with Crippen LogP contribution < -0.4 is 5.32 Å². The van der Waals surface area contributed by atoms with Crippen LogP contribution in [0.1, 0.15) is 25.5 Å². The van der Waals surface area contributed by atoms with Crippen LogP contribution in [-0.4, -0.2) is 16.8 Å². The Hall–Kier alpha value is -2.93. The van der Waals surface area contributed by atoms with E-state index in [9.17, 15) is 19.7 Å². The van der Waals surface area contributed by atoms with E-state index in [4.69, 9.17) is 16.3 Å². The van der Waals surface area contributed by atoms with E-state index in [0.29, 0.717) is 5.56 Å². The van der Waals surface area contributed by atoms with Gasteiger partial charge in [0.1, 0.15) is 5.02 Å². The molecule has 0 spiro atoms. The molecule has 136 valence electrons. The summed E-state index contributed by atoms with van der Waals surface area (Å²) in [6.07, 6.45) is -1.18. The van der Waals surface area contributed by atoms with Crippen molar-refractivity contribution in [1.82, 2.24) is 0 Å². The molecule has 8 heteroatoms. The zero-order valence-corrected chi connectivity index (χ0v) is 14.9. The highest BCUT2D eigenvalue weighted by Crippen LogP contribution is 2.28. The second-order valence-electron chi connectivity index (χ2n) is 5.79. The molecule has 0 saturated heterocycles. The van der Waals surface area contributed by atoms with E-state index in [1.165, 1.54) is 12.1 Å². The van der Waals surface area contributed by atoms with E-state index in [2.05, 4.69) is 5.32 Å². The van der Waals surface area contributed by atoms with Crippen molar-refractivity contribution in [3.05, 3.63) is 69.2 Å². The molecule has 2 aromatic carbocycles. The third kappa shape index (κ3) is 4.80. The van der Waals surface area contributed by atoms with E-state index in [1.807, 2.05) is 0 Å². The number of anilines is 1. The largest absolute Gasteiger partial charge is 0.447 e. The van der Waals surface area contributed by atoms with Gasteiger partial charge in [0.2, 0.25) is 6.10 Å². The minimum Gasteiger partial charge on any atom is -0.447 e. The van der Waals surface area contributed by atoms with Crippen molar-refractivity contribution in [2.24, 2.45) is 5.92 Å². The minimum absolute atomic E-state index is 0.0427. The van der Waals surface area contributed by atoms with E-state index < -0.39 is 28.8 Å². The zero-order chi connectivity index (χ0) is 19.3. The molecule has 2 rings (SSSR count). The molecule has 26 heavy (non-hydrogen) atoms. The fourth-order valence-electron chi connectivity index (χ4n) is 2.09. The number of hydrogen-bond donors (Lipinski definition) is 1. The first-order chi connectivity index (χ1) is 12.3. The number of rotatable bonds is 6. The molecule has 0 aliphatic carbocycles. The number of nitrogens with one attached hydrogen (secondary N) is 1. The molecule has 0 bridgehead atoms. The van der Waals surface area contributed by atoms with E-state index >= 15 is 0 Å². The van der Waals surface area contributed by atoms with Gasteiger partial charge >= 0.3 is 5.97 Å². The second kappa shape index (κ2) is 8.44. The Morgan fingerprint density at radius 1 is 1.15 bits per heavy atom. The molecular formula is C18H17ClN2O5. The van der Waals surface area contributed by atoms with Crippen LogP contribution in [-0.2, 0) is 14.3 Å². The maximum atomic E-state index is 12.6. The highest BCUT2D eigenvalue weighted by Gasteiger charge is 2.26. The number of nitrogens with zero attached hydrogens (tertiary/aromatic N) is 1. The summed E-state index contributed by atoms with van der Waals surface area (Å²) in [5, 5.41) is 13.5. The summed E-state index contributed by atoms with van der Waals surface area (Å²) in [4.78, 5) is 34.9. The Morgan fingerprint density at radius 2 is 1.81 bits per heavy atom. The van der Waals surface area contributed by atoms with Gasteiger partial charge in [-0.25, -0.2) is 0 Å². The first-order valence-corrected chi connectivity index (χ1v) is 8.17. The summed E-state index contributed by atoms with van der Waals surface area (Å²) in [7, 11) is 0. The summed E-state index contributed by atoms with van der Waals surface area (Å²) < 4.78 is 5.32. The second-order valence-corrected chi connectivity index (χ2v) is 6.20. The predicted octanol–water partition coefficient (Wildman–Crippen LogP) is 4.13. The molecule has 0 fully saturated rings. The maximum Gasteiger partial charge on any atom is 0.309 e. The Morgan fingerprint density at radius 3 is 2.38 bits per heavy atom. The van der Waals surface area contributed by atoms with Gasteiger partial charge in [0.05, 0.1) is 10.8 Å². The summed E-state index contributed by atoms with van der Waals surface area (Å²) in [5.74, 6) is -1.57.